The molecule has 118 valence electrons. The van der Waals surface area contributed by atoms with E-state index in [4.69, 9.17) is 27.6 Å². The van der Waals surface area contributed by atoms with E-state index in [1.807, 2.05) is 24.3 Å². The summed E-state index contributed by atoms with van der Waals surface area (Å²) in [5, 5.41) is 0.976. The van der Waals surface area contributed by atoms with Crippen LogP contribution in [-0.2, 0) is 5.41 Å². The molecule has 3 rings (SSSR count). The molecule has 3 aromatic rings. The summed E-state index contributed by atoms with van der Waals surface area (Å²) < 4.78 is 5.33. The fourth-order valence-electron chi connectivity index (χ4n) is 2.34. The van der Waals surface area contributed by atoms with Gasteiger partial charge in [0.2, 0.25) is 5.89 Å². The molecule has 0 fully saturated rings. The molecule has 0 atom stereocenters. The lowest BCUT2D eigenvalue weighted by atomic mass is 9.87. The molecule has 0 aliphatic carbocycles. The third-order valence-electron chi connectivity index (χ3n) is 3.65. The molecule has 3 nitrogen and oxygen atoms in total. The van der Waals surface area contributed by atoms with Gasteiger partial charge in [-0.3, -0.25) is 0 Å². The van der Waals surface area contributed by atoms with E-state index in [-0.39, 0.29) is 16.7 Å². The van der Waals surface area contributed by atoms with Crippen LogP contribution in [0.1, 0.15) is 26.3 Å². The lowest BCUT2D eigenvalue weighted by Crippen LogP contribution is -2.10. The highest BCUT2D eigenvalue weighted by molar-refractivity contribution is 6.38. The molecule has 0 unspecified atom stereocenters. The van der Waals surface area contributed by atoms with Gasteiger partial charge in [-0.2, -0.15) is 0 Å². The Balaban J connectivity index is 2.16. The van der Waals surface area contributed by atoms with Gasteiger partial charge in [-0.1, -0.05) is 56.1 Å². The number of benzene rings is 2. The van der Waals surface area contributed by atoms with Crippen LogP contribution in [0.5, 0.6) is 0 Å². The Morgan fingerprint density at radius 3 is 2.30 bits per heavy atom. The van der Waals surface area contributed by atoms with Crippen LogP contribution in [0.25, 0.3) is 22.4 Å². The van der Waals surface area contributed by atoms with E-state index in [9.17, 15) is 4.79 Å². The van der Waals surface area contributed by atoms with E-state index in [0.717, 1.165) is 5.56 Å². The van der Waals surface area contributed by atoms with Gasteiger partial charge in [0, 0.05) is 10.6 Å². The van der Waals surface area contributed by atoms with E-state index in [1.165, 1.54) is 11.6 Å². The summed E-state index contributed by atoms with van der Waals surface area (Å²) in [5.41, 5.74) is 1.85. The molecule has 2 aromatic carbocycles. The maximum absolute atomic E-state index is 12.2. The van der Waals surface area contributed by atoms with Crippen LogP contribution in [0.15, 0.2) is 45.6 Å². The Kier molecular flexibility index (Phi) is 3.95. The smallest absolute Gasteiger partial charge is 0.347 e. The van der Waals surface area contributed by atoms with Crippen molar-refractivity contribution in [1.82, 2.24) is 4.98 Å². The molecular weight excluding hydrogens is 333 g/mol. The van der Waals surface area contributed by atoms with Crippen LogP contribution in [0.2, 0.25) is 10.0 Å². The van der Waals surface area contributed by atoms with Crippen molar-refractivity contribution in [3.8, 4) is 11.5 Å². The zero-order valence-electron chi connectivity index (χ0n) is 13.0. The van der Waals surface area contributed by atoms with Crippen molar-refractivity contribution in [2.45, 2.75) is 26.2 Å². The molecule has 0 aliphatic heterocycles. The molecule has 0 saturated heterocycles. The van der Waals surface area contributed by atoms with Crippen molar-refractivity contribution in [2.24, 2.45) is 0 Å². The minimum Gasteiger partial charge on any atom is -0.403 e. The van der Waals surface area contributed by atoms with Gasteiger partial charge in [-0.25, -0.2) is 9.78 Å². The van der Waals surface area contributed by atoms with Gasteiger partial charge in [0.15, 0.2) is 0 Å². The van der Waals surface area contributed by atoms with Crippen molar-refractivity contribution >= 4 is 34.1 Å². The Morgan fingerprint density at radius 1 is 1.04 bits per heavy atom. The van der Waals surface area contributed by atoms with E-state index < -0.39 is 5.63 Å². The topological polar surface area (TPSA) is 43.1 Å². The predicted molar refractivity (Wildman–Crippen MR) is 94.4 cm³/mol. The molecule has 0 radical (unpaired) electrons. The predicted octanol–water partition coefficient (Wildman–Crippen LogP) is 5.46. The second-order valence-corrected chi connectivity index (χ2v) is 7.26. The Hall–Kier alpha value is -1.84. The van der Waals surface area contributed by atoms with Gasteiger partial charge in [0.1, 0.15) is 5.52 Å². The summed E-state index contributed by atoms with van der Waals surface area (Å²) in [6.07, 6.45) is 0. The summed E-state index contributed by atoms with van der Waals surface area (Å²) in [5.74, 6) is 0.243. The number of nitrogens with zero attached hydrogens (tertiary/aromatic N) is 1. The molecule has 0 aliphatic rings. The maximum atomic E-state index is 12.2. The molecule has 0 amide bonds. The number of rotatable bonds is 1. The first-order valence-corrected chi connectivity index (χ1v) is 7.92. The molecule has 1 aromatic heterocycles. The van der Waals surface area contributed by atoms with Crippen LogP contribution < -0.4 is 5.63 Å². The van der Waals surface area contributed by atoms with Crippen molar-refractivity contribution in [2.75, 3.05) is 0 Å². The van der Waals surface area contributed by atoms with E-state index in [2.05, 4.69) is 25.8 Å². The molecule has 0 N–H and O–H groups in total. The first-order chi connectivity index (χ1) is 10.8. The first-order valence-electron chi connectivity index (χ1n) is 7.16. The number of hydrogen-bond donors (Lipinski definition) is 0. The van der Waals surface area contributed by atoms with Gasteiger partial charge in [-0.15, -0.1) is 0 Å². The Bertz CT molecular complexity index is 938. The highest BCUT2D eigenvalue weighted by Gasteiger charge is 2.15. The van der Waals surface area contributed by atoms with Gasteiger partial charge < -0.3 is 4.42 Å². The van der Waals surface area contributed by atoms with Crippen molar-refractivity contribution in [1.29, 1.82) is 0 Å². The summed E-state index contributed by atoms with van der Waals surface area (Å²) in [7, 11) is 0. The highest BCUT2D eigenvalue weighted by atomic mass is 35.5. The summed E-state index contributed by atoms with van der Waals surface area (Å²) in [4.78, 5) is 16.6. The molecule has 1 heterocycles. The summed E-state index contributed by atoms with van der Waals surface area (Å²) in [6, 6.07) is 10.9. The molecule has 0 spiro atoms. The zero-order valence-corrected chi connectivity index (χ0v) is 14.5. The number of fused-ring (bicyclic) bond motifs is 1. The number of aromatic nitrogens is 1. The third kappa shape index (κ3) is 3.12. The fraction of sp³-hybridized carbons (Fsp3) is 0.222. The van der Waals surface area contributed by atoms with Crippen LogP contribution in [0.4, 0.5) is 0 Å². The summed E-state index contributed by atoms with van der Waals surface area (Å²) >= 11 is 12.1. The second-order valence-electron chi connectivity index (χ2n) is 6.42. The van der Waals surface area contributed by atoms with Crippen molar-refractivity contribution in [3.05, 3.63) is 62.4 Å². The first kappa shape index (κ1) is 16.0. The normalized spacial score (nSPS) is 11.9. The van der Waals surface area contributed by atoms with Crippen LogP contribution in [-0.4, -0.2) is 4.98 Å². The SMILES string of the molecule is CC(C)(C)c1ccc(-c2nc3c(Cl)cc(Cl)cc3c(=O)o2)cc1. The average Bonchev–Trinajstić information content (AvgIpc) is 2.47. The monoisotopic (exact) mass is 347 g/mol. The third-order valence-corrected chi connectivity index (χ3v) is 4.16. The lowest BCUT2D eigenvalue weighted by molar-refractivity contribution is 0.518. The van der Waals surface area contributed by atoms with Gasteiger partial charge in [0.25, 0.3) is 0 Å². The van der Waals surface area contributed by atoms with Gasteiger partial charge >= 0.3 is 5.63 Å². The van der Waals surface area contributed by atoms with E-state index in [0.29, 0.717) is 15.6 Å². The fourth-order valence-corrected chi connectivity index (χ4v) is 2.87. The molecule has 5 heteroatoms. The highest BCUT2D eigenvalue weighted by Crippen LogP contribution is 2.28. The van der Waals surface area contributed by atoms with Crippen molar-refractivity contribution < 1.29 is 4.42 Å². The largest absolute Gasteiger partial charge is 0.403 e. The standard InChI is InChI=1S/C18H15Cl2NO2/c1-18(2,3)11-6-4-10(5-7-11)16-21-15-13(17(22)23-16)8-12(19)9-14(15)20/h4-9H,1-3H3. The zero-order chi connectivity index (χ0) is 16.8. The van der Waals surface area contributed by atoms with Crippen LogP contribution >= 0.6 is 23.2 Å². The minimum atomic E-state index is -0.505. The maximum Gasteiger partial charge on any atom is 0.347 e. The second kappa shape index (κ2) is 5.66. The van der Waals surface area contributed by atoms with Crippen molar-refractivity contribution in [3.63, 3.8) is 0 Å². The Labute approximate surface area is 143 Å². The Morgan fingerprint density at radius 2 is 1.70 bits per heavy atom. The quantitative estimate of drug-likeness (QED) is 0.586. The van der Waals surface area contributed by atoms with Crippen LogP contribution in [0, 0.1) is 0 Å². The minimum absolute atomic E-state index is 0.0518. The van der Waals surface area contributed by atoms with E-state index >= 15 is 0 Å². The number of hydrogen-bond acceptors (Lipinski definition) is 3. The molecule has 0 saturated carbocycles. The molecular formula is C18H15Cl2NO2. The lowest BCUT2D eigenvalue weighted by Gasteiger charge is -2.18. The number of halogens is 2. The average molecular weight is 348 g/mol. The molecule has 0 bridgehead atoms. The van der Waals surface area contributed by atoms with Crippen LogP contribution in [0.3, 0.4) is 0 Å². The summed E-state index contributed by atoms with van der Waals surface area (Å²) in [6.45, 7) is 6.42. The van der Waals surface area contributed by atoms with Gasteiger partial charge in [0.05, 0.1) is 10.4 Å². The molecule has 23 heavy (non-hydrogen) atoms. The van der Waals surface area contributed by atoms with Gasteiger partial charge in [-0.05, 0) is 35.2 Å². The van der Waals surface area contributed by atoms with E-state index in [1.54, 1.807) is 6.07 Å².